The predicted molar refractivity (Wildman–Crippen MR) is 159 cm³/mol. The molecule has 2 aromatic heterocycles. The Hall–Kier alpha value is -5.95. The number of benzene rings is 2. The van der Waals surface area contributed by atoms with Crippen LogP contribution in [0.2, 0.25) is 0 Å². The molecule has 0 saturated heterocycles. The highest BCUT2D eigenvalue weighted by Gasteiger charge is 2.20. The van der Waals surface area contributed by atoms with E-state index in [1.165, 1.54) is 12.2 Å². The van der Waals surface area contributed by atoms with E-state index in [1.54, 1.807) is 54.6 Å². The summed E-state index contributed by atoms with van der Waals surface area (Å²) in [5, 5.41) is -0.0890. The molecular weight excluding hydrogens is 592 g/mol. The average molecular weight is 613 g/mol. The van der Waals surface area contributed by atoms with Crippen LogP contribution in [0.25, 0.3) is 22.4 Å². The van der Waals surface area contributed by atoms with Crippen LogP contribution in [0.15, 0.2) is 88.5 Å². The minimum atomic E-state index is -1.02. The van der Waals surface area contributed by atoms with Crippen LogP contribution in [0, 0.1) is 0 Å². The Kier molecular flexibility index (Phi) is 7.76. The lowest BCUT2D eigenvalue weighted by Crippen LogP contribution is -2.38. The van der Waals surface area contributed by atoms with Crippen molar-refractivity contribution in [3.8, 4) is 23.0 Å². The van der Waals surface area contributed by atoms with Gasteiger partial charge in [-0.1, -0.05) is 48.6 Å². The number of nitrogens with zero attached hydrogens (tertiary/aromatic N) is 1. The molecule has 4 aromatic rings. The molecule has 0 radical (unpaired) electrons. The molecule has 0 unspecified atom stereocenters. The first-order valence-electron chi connectivity index (χ1n) is 12.9. The molecule has 0 fully saturated rings. The zero-order valence-electron chi connectivity index (χ0n) is 22.5. The number of allylic oxidation sites excluding steroid dienone is 5. The Morgan fingerprint density at radius 1 is 0.773 bits per heavy atom. The van der Waals surface area contributed by atoms with E-state index in [4.69, 9.17) is 23.7 Å². The van der Waals surface area contributed by atoms with Gasteiger partial charge in [0.15, 0.2) is 23.0 Å². The smallest absolute Gasteiger partial charge is 0.356 e. The van der Waals surface area contributed by atoms with Crippen molar-refractivity contribution in [2.75, 3.05) is 13.6 Å². The van der Waals surface area contributed by atoms with Gasteiger partial charge in [-0.25, -0.2) is 14.4 Å². The van der Waals surface area contributed by atoms with Gasteiger partial charge < -0.3 is 23.7 Å². The maximum absolute atomic E-state index is 13.0. The van der Waals surface area contributed by atoms with E-state index in [2.05, 4.69) is 4.98 Å². The zero-order valence-corrected chi connectivity index (χ0v) is 23.3. The van der Waals surface area contributed by atoms with Crippen molar-refractivity contribution in [3.63, 3.8) is 0 Å². The van der Waals surface area contributed by atoms with Crippen molar-refractivity contribution in [1.82, 2.24) is 9.55 Å². The number of ether oxygens (including phenoxy) is 5. The lowest BCUT2D eigenvalue weighted by Gasteiger charge is -1.99. The van der Waals surface area contributed by atoms with Gasteiger partial charge in [-0.15, -0.1) is 11.3 Å². The van der Waals surface area contributed by atoms with E-state index in [0.29, 0.717) is 27.6 Å². The molecule has 0 aliphatic carbocycles. The van der Waals surface area contributed by atoms with Crippen LogP contribution >= 0.6 is 11.3 Å². The highest BCUT2D eigenvalue weighted by atomic mass is 32.1. The number of hydrogen-bond donors (Lipinski definition) is 1. The summed E-state index contributed by atoms with van der Waals surface area (Å²) in [6.45, 7) is 0.307. The van der Waals surface area contributed by atoms with Gasteiger partial charge in [0.25, 0.3) is 11.5 Å². The summed E-state index contributed by atoms with van der Waals surface area (Å²) in [7, 11) is 0. The summed E-state index contributed by atoms with van der Waals surface area (Å²) >= 11 is 0.743. The van der Waals surface area contributed by atoms with Gasteiger partial charge in [0, 0.05) is 12.2 Å². The molecule has 1 N–H and O–H groups in total. The van der Waals surface area contributed by atoms with Crippen molar-refractivity contribution in [3.05, 3.63) is 116 Å². The van der Waals surface area contributed by atoms with E-state index in [0.717, 1.165) is 40.7 Å². The van der Waals surface area contributed by atoms with Crippen LogP contribution < -0.4 is 30.2 Å². The maximum atomic E-state index is 13.0. The standard InChI is InChI=1S/C31H20N2O10S/c34-26(7-3-1-5-18-9-11-21-23(13-18)41-16-39-21)33-29(36)20-15-25(44-28(20)32-31(33)38)30(37)43-27(35)8-4-2-6-19-10-12-22-24(14-19)42-17-40-22/h1-15H,16-17H2,(H,32,38). The Bertz CT molecular complexity index is 2060. The first-order chi connectivity index (χ1) is 21.4. The van der Waals surface area contributed by atoms with Crippen molar-refractivity contribution in [1.29, 1.82) is 0 Å². The first-order valence-corrected chi connectivity index (χ1v) is 13.8. The predicted octanol–water partition coefficient (Wildman–Crippen LogP) is 4.07. The number of carbonyl (C=O) groups is 3. The molecule has 4 heterocycles. The number of thiophene rings is 1. The molecule has 13 heteroatoms. The lowest BCUT2D eigenvalue weighted by molar-refractivity contribution is -0.132. The third-order valence-corrected chi connectivity index (χ3v) is 7.30. The number of aromatic amines is 1. The van der Waals surface area contributed by atoms with Crippen LogP contribution in [0.3, 0.4) is 0 Å². The van der Waals surface area contributed by atoms with Crippen LogP contribution in [0.4, 0.5) is 0 Å². The summed E-state index contributed by atoms with van der Waals surface area (Å²) < 4.78 is 26.4. The number of aromatic nitrogens is 2. The molecule has 0 atom stereocenters. The Labute approximate surface area is 251 Å². The number of fused-ring (bicyclic) bond motifs is 3. The number of carbonyl (C=O) groups excluding carboxylic acids is 3. The van der Waals surface area contributed by atoms with E-state index < -0.39 is 29.1 Å². The second-order valence-electron chi connectivity index (χ2n) is 9.13. The largest absolute Gasteiger partial charge is 0.454 e. The molecule has 0 amide bonds. The van der Waals surface area contributed by atoms with Gasteiger partial charge in [0.05, 0.1) is 5.39 Å². The van der Waals surface area contributed by atoms with E-state index in [1.807, 2.05) is 6.07 Å². The number of hydrogen-bond acceptors (Lipinski definition) is 11. The fourth-order valence-corrected chi connectivity index (χ4v) is 5.11. The average Bonchev–Trinajstić information content (AvgIpc) is 3.77. The quantitative estimate of drug-likeness (QED) is 0.140. The molecular formula is C31H20N2O10S. The molecule has 0 bridgehead atoms. The van der Waals surface area contributed by atoms with Crippen molar-refractivity contribution >= 4 is 51.6 Å². The molecule has 2 aliphatic heterocycles. The lowest BCUT2D eigenvalue weighted by atomic mass is 10.2. The van der Waals surface area contributed by atoms with Crippen LogP contribution in [0.5, 0.6) is 23.0 Å². The van der Waals surface area contributed by atoms with Gasteiger partial charge in [0.2, 0.25) is 13.6 Å². The normalized spacial score (nSPS) is 13.6. The molecule has 220 valence electrons. The van der Waals surface area contributed by atoms with Gasteiger partial charge in [0.1, 0.15) is 9.71 Å². The Morgan fingerprint density at radius 2 is 1.36 bits per heavy atom. The molecule has 2 aromatic carbocycles. The van der Waals surface area contributed by atoms with Gasteiger partial charge in [-0.2, -0.15) is 4.57 Å². The first kappa shape index (κ1) is 28.2. The van der Waals surface area contributed by atoms with Crippen LogP contribution in [-0.2, 0) is 9.53 Å². The summed E-state index contributed by atoms with van der Waals surface area (Å²) in [6, 6.07) is 11.8. The summed E-state index contributed by atoms with van der Waals surface area (Å²) in [5.74, 6) is -0.353. The monoisotopic (exact) mass is 612 g/mol. The molecule has 0 saturated carbocycles. The Balaban J connectivity index is 1.09. The van der Waals surface area contributed by atoms with Crippen LogP contribution in [0.1, 0.15) is 25.6 Å². The number of H-pyrrole nitrogens is 1. The topological polar surface area (TPSA) is 152 Å². The van der Waals surface area contributed by atoms with E-state index in [-0.39, 0.29) is 28.7 Å². The highest BCUT2D eigenvalue weighted by Crippen LogP contribution is 2.33. The van der Waals surface area contributed by atoms with Crippen molar-refractivity contribution in [2.45, 2.75) is 0 Å². The highest BCUT2D eigenvalue weighted by molar-refractivity contribution is 7.20. The van der Waals surface area contributed by atoms with Gasteiger partial charge >= 0.3 is 17.6 Å². The van der Waals surface area contributed by atoms with Crippen molar-refractivity contribution in [2.24, 2.45) is 0 Å². The number of rotatable bonds is 7. The molecule has 44 heavy (non-hydrogen) atoms. The summed E-state index contributed by atoms with van der Waals surface area (Å²) in [4.78, 5) is 65.2. The van der Waals surface area contributed by atoms with Gasteiger partial charge in [-0.3, -0.25) is 14.6 Å². The van der Waals surface area contributed by atoms with Crippen LogP contribution in [-0.4, -0.2) is 41.0 Å². The third kappa shape index (κ3) is 5.98. The minimum absolute atomic E-state index is 0.0531. The SMILES string of the molecule is O=C(C=CC=Cc1ccc2c(c1)OCO2)OC(=O)c1cc2c(=O)n(C(=O)C=CC=Cc3ccc4c(c3)OCO4)c(=O)[nH]c2s1. The number of esters is 2. The second-order valence-corrected chi connectivity index (χ2v) is 10.2. The molecule has 0 spiro atoms. The third-order valence-electron chi connectivity index (χ3n) is 6.27. The zero-order chi connectivity index (χ0) is 30.6. The fourth-order valence-electron chi connectivity index (χ4n) is 4.20. The van der Waals surface area contributed by atoms with Gasteiger partial charge in [-0.05, 0) is 41.5 Å². The number of nitrogens with one attached hydrogen (secondary N) is 1. The second kappa shape index (κ2) is 12.1. The minimum Gasteiger partial charge on any atom is -0.454 e. The molecule has 12 nitrogen and oxygen atoms in total. The Morgan fingerprint density at radius 3 is 2.00 bits per heavy atom. The summed E-state index contributed by atoms with van der Waals surface area (Å²) in [6.07, 6.45) is 11.4. The van der Waals surface area contributed by atoms with E-state index in [9.17, 15) is 24.0 Å². The fraction of sp³-hybridized carbons (Fsp3) is 0.0645. The maximum Gasteiger partial charge on any atom is 0.356 e. The van der Waals surface area contributed by atoms with E-state index >= 15 is 0 Å². The molecule has 2 aliphatic rings. The van der Waals surface area contributed by atoms with Crippen molar-refractivity contribution < 1.29 is 38.1 Å². The molecule has 6 rings (SSSR count). The summed E-state index contributed by atoms with van der Waals surface area (Å²) in [5.41, 5.74) is -0.313.